The SMILES string of the molecule is CCOc1cc([N+](=O)[O-])cc(/C=C2\SC(=O)N(Cc3ccccc3Br)C2=O)c1O. The van der Waals surface area contributed by atoms with E-state index in [9.17, 15) is 24.8 Å². The monoisotopic (exact) mass is 478 g/mol. The summed E-state index contributed by atoms with van der Waals surface area (Å²) in [5.74, 6) is -0.949. The first kappa shape index (κ1) is 20.9. The molecule has 2 amide bonds. The standard InChI is InChI=1S/C19H15BrN2O6S/c1-2-28-15-9-13(22(26)27)7-12(17(15)23)8-16-18(24)21(19(25)29-16)10-11-5-3-4-6-14(11)20/h3-9,23H,2,10H2,1H3/b16-8-. The number of carbonyl (C=O) groups excluding carboxylic acids is 2. The van der Waals surface area contributed by atoms with Gasteiger partial charge in [0.15, 0.2) is 11.5 Å². The number of imide groups is 1. The largest absolute Gasteiger partial charge is 0.504 e. The number of nitrogens with zero attached hydrogens (tertiary/aromatic N) is 2. The summed E-state index contributed by atoms with van der Waals surface area (Å²) < 4.78 is 6.00. The van der Waals surface area contributed by atoms with Gasteiger partial charge in [-0.3, -0.25) is 24.6 Å². The first-order valence-corrected chi connectivity index (χ1v) is 10.1. The Hall–Kier alpha value is -2.85. The van der Waals surface area contributed by atoms with Crippen molar-refractivity contribution >= 4 is 50.6 Å². The number of ether oxygens (including phenoxy) is 1. The van der Waals surface area contributed by atoms with E-state index in [1.54, 1.807) is 25.1 Å². The Kier molecular flexibility index (Phi) is 6.23. The number of phenolic OH excluding ortho intramolecular Hbond substituents is 1. The number of rotatable bonds is 6. The van der Waals surface area contributed by atoms with Crippen LogP contribution in [0, 0.1) is 10.1 Å². The topological polar surface area (TPSA) is 110 Å². The second-order valence-corrected chi connectivity index (χ2v) is 7.78. The minimum Gasteiger partial charge on any atom is -0.504 e. The number of hydrogen-bond donors (Lipinski definition) is 1. The number of nitro groups is 1. The van der Waals surface area contributed by atoms with Gasteiger partial charge in [-0.05, 0) is 36.4 Å². The number of benzene rings is 2. The van der Waals surface area contributed by atoms with E-state index < -0.39 is 16.1 Å². The summed E-state index contributed by atoms with van der Waals surface area (Å²) in [6, 6.07) is 9.45. The molecule has 1 saturated heterocycles. The minimum atomic E-state index is -0.627. The quantitative estimate of drug-likeness (QED) is 0.363. The second-order valence-electron chi connectivity index (χ2n) is 5.93. The molecule has 0 aliphatic carbocycles. The molecule has 0 bridgehead atoms. The van der Waals surface area contributed by atoms with Crippen LogP contribution in [0.4, 0.5) is 10.5 Å². The number of thioether (sulfide) groups is 1. The van der Waals surface area contributed by atoms with Crippen molar-refractivity contribution in [2.75, 3.05) is 6.61 Å². The van der Waals surface area contributed by atoms with Gasteiger partial charge in [-0.1, -0.05) is 34.1 Å². The van der Waals surface area contributed by atoms with Gasteiger partial charge in [-0.15, -0.1) is 0 Å². The van der Waals surface area contributed by atoms with Crippen LogP contribution in [0.2, 0.25) is 0 Å². The van der Waals surface area contributed by atoms with Crippen molar-refractivity contribution in [3.05, 3.63) is 67.0 Å². The van der Waals surface area contributed by atoms with Gasteiger partial charge in [0.25, 0.3) is 16.8 Å². The van der Waals surface area contributed by atoms with Crippen molar-refractivity contribution in [2.24, 2.45) is 0 Å². The number of halogens is 1. The fourth-order valence-corrected chi connectivity index (χ4v) is 3.91. The summed E-state index contributed by atoms with van der Waals surface area (Å²) in [6.45, 7) is 1.94. The minimum absolute atomic E-state index is 0.0223. The molecule has 0 saturated carbocycles. The number of nitro benzene ring substituents is 1. The summed E-state index contributed by atoms with van der Waals surface area (Å²) >= 11 is 4.09. The van der Waals surface area contributed by atoms with Gasteiger partial charge < -0.3 is 9.84 Å². The summed E-state index contributed by atoms with van der Waals surface area (Å²) in [5.41, 5.74) is 0.479. The molecule has 0 aromatic heterocycles. The molecule has 0 atom stereocenters. The maximum Gasteiger partial charge on any atom is 0.293 e. The van der Waals surface area contributed by atoms with Crippen molar-refractivity contribution in [3.63, 3.8) is 0 Å². The van der Waals surface area contributed by atoms with Crippen molar-refractivity contribution in [1.29, 1.82) is 0 Å². The van der Waals surface area contributed by atoms with E-state index in [-0.39, 0.29) is 40.8 Å². The lowest BCUT2D eigenvalue weighted by Gasteiger charge is -2.13. The Bertz CT molecular complexity index is 1040. The lowest BCUT2D eigenvalue weighted by molar-refractivity contribution is -0.385. The highest BCUT2D eigenvalue weighted by atomic mass is 79.9. The van der Waals surface area contributed by atoms with Gasteiger partial charge in [-0.25, -0.2) is 0 Å². The Balaban J connectivity index is 1.95. The molecule has 1 aliphatic rings. The average Bonchev–Trinajstić information content (AvgIpc) is 2.94. The molecule has 0 unspecified atom stereocenters. The van der Waals surface area contributed by atoms with E-state index in [2.05, 4.69) is 15.9 Å². The van der Waals surface area contributed by atoms with Crippen LogP contribution in [0.1, 0.15) is 18.1 Å². The van der Waals surface area contributed by atoms with Crippen LogP contribution >= 0.6 is 27.7 Å². The van der Waals surface area contributed by atoms with E-state index >= 15 is 0 Å². The van der Waals surface area contributed by atoms with Gasteiger partial charge in [0.2, 0.25) is 0 Å². The Morgan fingerprint density at radius 3 is 2.69 bits per heavy atom. The van der Waals surface area contributed by atoms with Crippen LogP contribution in [0.3, 0.4) is 0 Å². The number of non-ortho nitro benzene ring substituents is 1. The predicted molar refractivity (Wildman–Crippen MR) is 112 cm³/mol. The number of aromatic hydroxyl groups is 1. The zero-order chi connectivity index (χ0) is 21.1. The van der Waals surface area contributed by atoms with Crippen LogP contribution in [0.15, 0.2) is 45.8 Å². The van der Waals surface area contributed by atoms with Gasteiger partial charge >= 0.3 is 0 Å². The molecule has 2 aromatic rings. The van der Waals surface area contributed by atoms with Crippen LogP contribution in [0.5, 0.6) is 11.5 Å². The molecule has 0 radical (unpaired) electrons. The highest BCUT2D eigenvalue weighted by Gasteiger charge is 2.35. The van der Waals surface area contributed by atoms with Crippen LogP contribution < -0.4 is 4.74 Å². The lowest BCUT2D eigenvalue weighted by atomic mass is 10.1. The summed E-state index contributed by atoms with van der Waals surface area (Å²) in [6.07, 6.45) is 1.26. The smallest absolute Gasteiger partial charge is 0.293 e. The van der Waals surface area contributed by atoms with Crippen molar-refractivity contribution in [2.45, 2.75) is 13.5 Å². The van der Waals surface area contributed by atoms with Crippen LogP contribution in [-0.4, -0.2) is 32.7 Å². The van der Waals surface area contributed by atoms with Gasteiger partial charge in [-0.2, -0.15) is 0 Å². The third kappa shape index (κ3) is 4.43. The Labute approximate surface area is 178 Å². The molecule has 150 valence electrons. The number of amides is 2. The molecular formula is C19H15BrN2O6S. The van der Waals surface area contributed by atoms with E-state index in [0.29, 0.717) is 11.8 Å². The molecule has 10 heteroatoms. The molecule has 3 rings (SSSR count). The third-order valence-corrected chi connectivity index (χ3v) is 5.73. The first-order chi connectivity index (χ1) is 13.8. The predicted octanol–water partition coefficient (Wildman–Crippen LogP) is 4.70. The normalized spacial score (nSPS) is 15.2. The maximum absolute atomic E-state index is 12.7. The highest BCUT2D eigenvalue weighted by Crippen LogP contribution is 2.39. The summed E-state index contributed by atoms with van der Waals surface area (Å²) in [7, 11) is 0. The molecule has 8 nitrogen and oxygen atoms in total. The first-order valence-electron chi connectivity index (χ1n) is 8.44. The summed E-state index contributed by atoms with van der Waals surface area (Å²) in [5, 5.41) is 21.1. The molecule has 2 aromatic carbocycles. The van der Waals surface area contributed by atoms with Crippen molar-refractivity contribution in [3.8, 4) is 11.5 Å². The molecule has 1 aliphatic heterocycles. The molecule has 1 N–H and O–H groups in total. The average molecular weight is 479 g/mol. The molecule has 1 heterocycles. The molecule has 0 spiro atoms. The molecule has 1 fully saturated rings. The highest BCUT2D eigenvalue weighted by molar-refractivity contribution is 9.10. The summed E-state index contributed by atoms with van der Waals surface area (Å²) in [4.78, 5) is 36.8. The van der Waals surface area contributed by atoms with E-state index in [1.165, 1.54) is 6.08 Å². The third-order valence-electron chi connectivity index (χ3n) is 4.05. The van der Waals surface area contributed by atoms with Crippen molar-refractivity contribution in [1.82, 2.24) is 4.90 Å². The van der Waals surface area contributed by atoms with Crippen molar-refractivity contribution < 1.29 is 24.4 Å². The van der Waals surface area contributed by atoms with Crippen LogP contribution in [0.25, 0.3) is 6.08 Å². The fraction of sp³-hybridized carbons (Fsp3) is 0.158. The lowest BCUT2D eigenvalue weighted by Crippen LogP contribution is -2.27. The Morgan fingerprint density at radius 2 is 2.03 bits per heavy atom. The zero-order valence-electron chi connectivity index (χ0n) is 15.1. The number of hydrogen-bond acceptors (Lipinski definition) is 7. The zero-order valence-corrected chi connectivity index (χ0v) is 17.5. The maximum atomic E-state index is 12.7. The number of carbonyl (C=O) groups is 2. The fourth-order valence-electron chi connectivity index (χ4n) is 2.67. The van der Waals surface area contributed by atoms with Gasteiger partial charge in [0, 0.05) is 16.1 Å². The van der Waals surface area contributed by atoms with Crippen LogP contribution in [-0.2, 0) is 11.3 Å². The van der Waals surface area contributed by atoms with E-state index in [0.717, 1.165) is 27.1 Å². The Morgan fingerprint density at radius 1 is 1.31 bits per heavy atom. The van der Waals surface area contributed by atoms with E-state index in [4.69, 9.17) is 4.74 Å². The van der Waals surface area contributed by atoms with Gasteiger partial charge in [0.1, 0.15) is 0 Å². The number of phenols is 1. The molecular weight excluding hydrogens is 464 g/mol. The van der Waals surface area contributed by atoms with Gasteiger partial charge in [0.05, 0.1) is 29.0 Å². The second kappa shape index (κ2) is 8.66. The molecule has 29 heavy (non-hydrogen) atoms. The van der Waals surface area contributed by atoms with E-state index in [1.807, 2.05) is 6.07 Å².